The van der Waals surface area contributed by atoms with Gasteiger partial charge in [-0.05, 0) is 31.7 Å². The molecule has 2 rings (SSSR count). The first kappa shape index (κ1) is 13.6. The lowest BCUT2D eigenvalue weighted by Crippen LogP contribution is -2.17. The molecule has 0 saturated carbocycles. The fraction of sp³-hybridized carbons (Fsp3) is 0.333. The molecule has 0 fully saturated rings. The van der Waals surface area contributed by atoms with Crippen molar-refractivity contribution in [2.24, 2.45) is 0 Å². The number of rotatable bonds is 4. The van der Waals surface area contributed by atoms with Crippen LogP contribution in [0.25, 0.3) is 10.6 Å². The molecule has 0 saturated heterocycles. The molecule has 1 heterocycles. The van der Waals surface area contributed by atoms with E-state index in [0.29, 0.717) is 10.6 Å². The van der Waals surface area contributed by atoms with E-state index >= 15 is 0 Å². The van der Waals surface area contributed by atoms with Crippen molar-refractivity contribution in [3.8, 4) is 10.6 Å². The Morgan fingerprint density at radius 1 is 1.44 bits per heavy atom. The van der Waals surface area contributed by atoms with Gasteiger partial charge in [-0.1, -0.05) is 34.2 Å². The Bertz CT molecular complexity index is 544. The second-order valence-corrected chi connectivity index (χ2v) is 5.77. The molecule has 2 aromatic rings. The Balaban J connectivity index is 2.29. The van der Waals surface area contributed by atoms with Crippen LogP contribution < -0.4 is 5.32 Å². The van der Waals surface area contributed by atoms with Gasteiger partial charge in [-0.15, -0.1) is 10.2 Å². The lowest BCUT2D eigenvalue weighted by Gasteiger charge is -2.06. The zero-order chi connectivity index (χ0) is 13.1. The summed E-state index contributed by atoms with van der Waals surface area (Å²) >= 11 is 4.65. The summed E-state index contributed by atoms with van der Waals surface area (Å²) in [5.74, 6) is -0.289. The van der Waals surface area contributed by atoms with Crippen molar-refractivity contribution in [3.63, 3.8) is 0 Å². The third-order valence-electron chi connectivity index (χ3n) is 2.48. The number of hydrogen-bond donors (Lipinski definition) is 1. The minimum atomic E-state index is -0.289. The van der Waals surface area contributed by atoms with E-state index in [1.165, 1.54) is 17.4 Å². The highest BCUT2D eigenvalue weighted by molar-refractivity contribution is 9.10. The van der Waals surface area contributed by atoms with E-state index in [1.54, 1.807) is 12.1 Å². The molecule has 0 aliphatic heterocycles. The molecule has 1 aromatic heterocycles. The quantitative estimate of drug-likeness (QED) is 0.927. The maximum absolute atomic E-state index is 13.8. The largest absolute Gasteiger partial charge is 0.308 e. The zero-order valence-corrected chi connectivity index (χ0v) is 12.5. The summed E-state index contributed by atoms with van der Waals surface area (Å²) in [6.07, 6.45) is 0. The van der Waals surface area contributed by atoms with E-state index in [1.807, 2.05) is 13.8 Å². The second kappa shape index (κ2) is 5.86. The monoisotopic (exact) mass is 329 g/mol. The summed E-state index contributed by atoms with van der Waals surface area (Å²) in [6.45, 7) is 4.92. The van der Waals surface area contributed by atoms with Crippen LogP contribution in [0.2, 0.25) is 0 Å². The average Bonchev–Trinajstić information content (AvgIpc) is 2.78. The van der Waals surface area contributed by atoms with Gasteiger partial charge in [0.25, 0.3) is 0 Å². The molecular formula is C12H13BrFN3S. The van der Waals surface area contributed by atoms with Crippen molar-refractivity contribution in [2.75, 3.05) is 6.54 Å². The molecule has 0 amide bonds. The molecule has 0 aliphatic rings. The minimum absolute atomic E-state index is 0.139. The molecule has 6 heteroatoms. The van der Waals surface area contributed by atoms with Gasteiger partial charge in [0, 0.05) is 10.0 Å². The van der Waals surface area contributed by atoms with Crippen molar-refractivity contribution in [1.82, 2.24) is 15.5 Å². The summed E-state index contributed by atoms with van der Waals surface area (Å²) in [6, 6.07) is 5.08. The standard InChI is InChI=1S/C12H13BrFN3S/c1-3-15-7(2)11-16-17-12(18-11)9-5-4-8(13)6-10(9)14/h4-7,15H,3H2,1-2H3. The van der Waals surface area contributed by atoms with E-state index in [2.05, 4.69) is 31.4 Å². The summed E-state index contributed by atoms with van der Waals surface area (Å²) in [5, 5.41) is 12.9. The average molecular weight is 330 g/mol. The van der Waals surface area contributed by atoms with Crippen LogP contribution in [0.3, 0.4) is 0 Å². The smallest absolute Gasteiger partial charge is 0.150 e. The summed E-state index contributed by atoms with van der Waals surface area (Å²) in [7, 11) is 0. The fourth-order valence-electron chi connectivity index (χ4n) is 1.57. The van der Waals surface area contributed by atoms with Gasteiger partial charge in [0.2, 0.25) is 0 Å². The van der Waals surface area contributed by atoms with Crippen molar-refractivity contribution in [3.05, 3.63) is 33.5 Å². The summed E-state index contributed by atoms with van der Waals surface area (Å²) in [4.78, 5) is 0. The zero-order valence-electron chi connectivity index (χ0n) is 10.1. The van der Waals surface area contributed by atoms with Crippen molar-refractivity contribution in [1.29, 1.82) is 0 Å². The maximum atomic E-state index is 13.8. The van der Waals surface area contributed by atoms with Crippen LogP contribution in [-0.2, 0) is 0 Å². The van der Waals surface area contributed by atoms with Crippen LogP contribution in [0, 0.1) is 5.82 Å². The first-order valence-corrected chi connectivity index (χ1v) is 7.25. The normalized spacial score (nSPS) is 12.7. The molecule has 3 nitrogen and oxygen atoms in total. The lowest BCUT2D eigenvalue weighted by atomic mass is 10.2. The molecule has 1 aromatic carbocycles. The van der Waals surface area contributed by atoms with Crippen LogP contribution >= 0.6 is 27.3 Å². The Labute approximate surface area is 118 Å². The molecule has 1 atom stereocenters. The number of hydrogen-bond acceptors (Lipinski definition) is 4. The number of aromatic nitrogens is 2. The van der Waals surface area contributed by atoms with Crippen molar-refractivity contribution < 1.29 is 4.39 Å². The molecule has 0 aliphatic carbocycles. The SMILES string of the molecule is CCNC(C)c1nnc(-c2ccc(Br)cc2F)s1. The van der Waals surface area contributed by atoms with Gasteiger partial charge in [0.1, 0.15) is 10.8 Å². The van der Waals surface area contributed by atoms with Gasteiger partial charge in [-0.3, -0.25) is 0 Å². The minimum Gasteiger partial charge on any atom is -0.308 e. The van der Waals surface area contributed by atoms with E-state index < -0.39 is 0 Å². The Morgan fingerprint density at radius 3 is 2.89 bits per heavy atom. The molecule has 96 valence electrons. The van der Waals surface area contributed by atoms with Crippen LogP contribution in [0.4, 0.5) is 4.39 Å². The van der Waals surface area contributed by atoms with Crippen LogP contribution in [0.5, 0.6) is 0 Å². The third-order valence-corrected chi connectivity index (χ3v) is 4.12. The van der Waals surface area contributed by atoms with E-state index in [-0.39, 0.29) is 11.9 Å². The van der Waals surface area contributed by atoms with E-state index in [0.717, 1.165) is 16.0 Å². The highest BCUT2D eigenvalue weighted by Crippen LogP contribution is 2.29. The summed E-state index contributed by atoms with van der Waals surface area (Å²) < 4.78 is 14.5. The third kappa shape index (κ3) is 2.93. The van der Waals surface area contributed by atoms with Gasteiger partial charge in [-0.25, -0.2) is 4.39 Å². The van der Waals surface area contributed by atoms with Crippen LogP contribution in [0.15, 0.2) is 22.7 Å². The fourth-order valence-corrected chi connectivity index (χ4v) is 2.80. The van der Waals surface area contributed by atoms with E-state index in [9.17, 15) is 4.39 Å². The predicted octanol–water partition coefficient (Wildman–Crippen LogP) is 3.78. The van der Waals surface area contributed by atoms with Crippen molar-refractivity contribution in [2.45, 2.75) is 19.9 Å². The highest BCUT2D eigenvalue weighted by atomic mass is 79.9. The molecule has 0 radical (unpaired) electrons. The molecule has 1 unspecified atom stereocenters. The number of nitrogens with one attached hydrogen (secondary N) is 1. The van der Waals surface area contributed by atoms with Gasteiger partial charge in [0.15, 0.2) is 5.01 Å². The molecule has 0 spiro atoms. The Morgan fingerprint density at radius 2 is 2.22 bits per heavy atom. The lowest BCUT2D eigenvalue weighted by molar-refractivity contribution is 0.590. The molecule has 0 bridgehead atoms. The van der Waals surface area contributed by atoms with Gasteiger partial charge in [0.05, 0.1) is 6.04 Å². The maximum Gasteiger partial charge on any atom is 0.150 e. The second-order valence-electron chi connectivity index (χ2n) is 3.85. The molecular weight excluding hydrogens is 317 g/mol. The predicted molar refractivity (Wildman–Crippen MR) is 75.1 cm³/mol. The van der Waals surface area contributed by atoms with Crippen molar-refractivity contribution >= 4 is 27.3 Å². The topological polar surface area (TPSA) is 37.8 Å². The van der Waals surface area contributed by atoms with Gasteiger partial charge < -0.3 is 5.32 Å². The number of nitrogens with zero attached hydrogens (tertiary/aromatic N) is 2. The van der Waals surface area contributed by atoms with Gasteiger partial charge >= 0.3 is 0 Å². The first-order chi connectivity index (χ1) is 8.61. The molecule has 1 N–H and O–H groups in total. The van der Waals surface area contributed by atoms with Gasteiger partial charge in [-0.2, -0.15) is 0 Å². The summed E-state index contributed by atoms with van der Waals surface area (Å²) in [5.41, 5.74) is 0.491. The first-order valence-electron chi connectivity index (χ1n) is 5.64. The number of benzene rings is 1. The highest BCUT2D eigenvalue weighted by Gasteiger charge is 2.14. The van der Waals surface area contributed by atoms with Crippen LogP contribution in [0.1, 0.15) is 24.9 Å². The molecule has 18 heavy (non-hydrogen) atoms. The van der Waals surface area contributed by atoms with E-state index in [4.69, 9.17) is 0 Å². The Kier molecular flexibility index (Phi) is 4.42. The number of halogens is 2. The van der Waals surface area contributed by atoms with Crippen LogP contribution in [-0.4, -0.2) is 16.7 Å². The Hall–Kier alpha value is -0.850.